The molecule has 2 aromatic rings. The topological polar surface area (TPSA) is 18.5 Å². The van der Waals surface area contributed by atoms with Gasteiger partial charge in [0.1, 0.15) is 0 Å². The Morgan fingerprint density at radius 3 is 1.73 bits per heavy atom. The maximum Gasteiger partial charge on any atom is 0.494 e. The lowest BCUT2D eigenvalue weighted by molar-refractivity contribution is 0.00578. The van der Waals surface area contributed by atoms with Crippen LogP contribution in [0, 0.1) is 0 Å². The van der Waals surface area contributed by atoms with E-state index >= 15 is 0 Å². The highest BCUT2D eigenvalue weighted by Gasteiger charge is 2.53. The van der Waals surface area contributed by atoms with Crippen molar-refractivity contribution in [2.75, 3.05) is 0 Å². The summed E-state index contributed by atoms with van der Waals surface area (Å²) in [5.41, 5.74) is 0.643. The van der Waals surface area contributed by atoms with E-state index in [0.29, 0.717) is 0 Å². The van der Waals surface area contributed by atoms with E-state index < -0.39 is 8.07 Å². The Balaban J connectivity index is 2.22. The van der Waals surface area contributed by atoms with Crippen molar-refractivity contribution in [3.63, 3.8) is 0 Å². The molecule has 4 heteroatoms. The zero-order chi connectivity index (χ0) is 19.2. The van der Waals surface area contributed by atoms with Crippen molar-refractivity contribution in [3.05, 3.63) is 36.4 Å². The van der Waals surface area contributed by atoms with E-state index in [-0.39, 0.29) is 18.3 Å². The molecular formula is C22H33BO2Si. The van der Waals surface area contributed by atoms with E-state index in [2.05, 4.69) is 84.9 Å². The monoisotopic (exact) mass is 368 g/mol. The van der Waals surface area contributed by atoms with Crippen LogP contribution in [-0.4, -0.2) is 26.4 Å². The second-order valence-corrected chi connectivity index (χ2v) is 13.9. The Labute approximate surface area is 160 Å². The van der Waals surface area contributed by atoms with Crippen molar-refractivity contribution in [1.29, 1.82) is 0 Å². The molecule has 3 rings (SSSR count). The molecule has 26 heavy (non-hydrogen) atoms. The minimum Gasteiger partial charge on any atom is -0.399 e. The normalized spacial score (nSPS) is 19.3. The number of hydrogen-bond acceptors (Lipinski definition) is 2. The molecule has 0 atom stereocenters. The van der Waals surface area contributed by atoms with Gasteiger partial charge in [0.2, 0.25) is 0 Å². The quantitative estimate of drug-likeness (QED) is 0.702. The van der Waals surface area contributed by atoms with Gasteiger partial charge in [0.05, 0.1) is 19.3 Å². The van der Waals surface area contributed by atoms with Gasteiger partial charge in [0, 0.05) is 0 Å². The summed E-state index contributed by atoms with van der Waals surface area (Å²) in [4.78, 5) is 0. The molecule has 0 unspecified atom stereocenters. The van der Waals surface area contributed by atoms with E-state index in [1.165, 1.54) is 39.6 Å². The molecule has 1 heterocycles. The SMILES string of the molecule is CC[Si](CC)(CC)c1cc2ccccc2cc1B1OC(C)(C)C(C)(C)O1. The van der Waals surface area contributed by atoms with E-state index in [9.17, 15) is 0 Å². The van der Waals surface area contributed by atoms with Gasteiger partial charge >= 0.3 is 7.12 Å². The molecule has 0 spiro atoms. The minimum absolute atomic E-state index is 0.281. The summed E-state index contributed by atoms with van der Waals surface area (Å²) < 4.78 is 12.9. The van der Waals surface area contributed by atoms with Gasteiger partial charge in [-0.05, 0) is 43.9 Å². The van der Waals surface area contributed by atoms with Crippen molar-refractivity contribution >= 4 is 36.6 Å². The molecule has 0 bridgehead atoms. The van der Waals surface area contributed by atoms with Crippen molar-refractivity contribution in [2.24, 2.45) is 0 Å². The predicted molar refractivity (Wildman–Crippen MR) is 116 cm³/mol. The number of fused-ring (bicyclic) bond motifs is 1. The van der Waals surface area contributed by atoms with Gasteiger partial charge in [0.15, 0.2) is 0 Å². The van der Waals surface area contributed by atoms with Crippen LogP contribution in [0.1, 0.15) is 48.5 Å². The van der Waals surface area contributed by atoms with Crippen molar-refractivity contribution < 1.29 is 9.31 Å². The van der Waals surface area contributed by atoms with Crippen LogP contribution in [0.2, 0.25) is 18.1 Å². The molecule has 2 nitrogen and oxygen atoms in total. The highest BCUT2D eigenvalue weighted by atomic mass is 28.3. The lowest BCUT2D eigenvalue weighted by atomic mass is 9.78. The molecule has 1 saturated heterocycles. The van der Waals surface area contributed by atoms with Gasteiger partial charge in [-0.2, -0.15) is 0 Å². The van der Waals surface area contributed by atoms with E-state index in [1.54, 1.807) is 0 Å². The first-order valence-corrected chi connectivity index (χ1v) is 12.7. The highest BCUT2D eigenvalue weighted by Crippen LogP contribution is 2.37. The van der Waals surface area contributed by atoms with Crippen LogP contribution in [0.25, 0.3) is 10.8 Å². The average molecular weight is 368 g/mol. The third-order valence-corrected chi connectivity index (χ3v) is 12.7. The Bertz CT molecular complexity index is 772. The largest absolute Gasteiger partial charge is 0.494 e. The van der Waals surface area contributed by atoms with Gasteiger partial charge in [-0.15, -0.1) is 0 Å². The smallest absolute Gasteiger partial charge is 0.399 e. The first kappa shape index (κ1) is 19.7. The standard InChI is InChI=1S/C22H33BO2Si/c1-8-26(9-2,10-3)20-16-18-14-12-11-13-17(18)15-19(20)23-24-21(4,5)22(6,7)25-23/h11-16H,8-10H2,1-7H3. The molecule has 0 amide bonds. The fraction of sp³-hybridized carbons (Fsp3) is 0.545. The Morgan fingerprint density at radius 1 is 0.808 bits per heavy atom. The molecule has 1 fully saturated rings. The molecule has 0 radical (unpaired) electrons. The summed E-state index contributed by atoms with van der Waals surface area (Å²) >= 11 is 0. The molecule has 2 aromatic carbocycles. The molecular weight excluding hydrogens is 335 g/mol. The average Bonchev–Trinajstić information content (AvgIpc) is 2.84. The lowest BCUT2D eigenvalue weighted by Gasteiger charge is -2.32. The maximum atomic E-state index is 6.47. The Morgan fingerprint density at radius 2 is 1.27 bits per heavy atom. The Kier molecular flexibility index (Phi) is 5.15. The van der Waals surface area contributed by atoms with Gasteiger partial charge in [0.25, 0.3) is 0 Å². The summed E-state index contributed by atoms with van der Waals surface area (Å²) in [6.07, 6.45) is 0. The van der Waals surface area contributed by atoms with Crippen LogP contribution >= 0.6 is 0 Å². The number of hydrogen-bond donors (Lipinski definition) is 0. The fourth-order valence-corrected chi connectivity index (χ4v) is 8.11. The van der Waals surface area contributed by atoms with E-state index in [0.717, 1.165) is 0 Å². The number of benzene rings is 2. The first-order valence-electron chi connectivity index (χ1n) is 10.1. The first-order chi connectivity index (χ1) is 12.2. The van der Waals surface area contributed by atoms with Gasteiger partial charge in [-0.1, -0.05) is 80.5 Å². The summed E-state index contributed by atoms with van der Waals surface area (Å²) in [7, 11) is -1.86. The predicted octanol–water partition coefficient (Wildman–Crippen LogP) is 4.85. The summed E-state index contributed by atoms with van der Waals surface area (Å²) in [6.45, 7) is 15.6. The highest BCUT2D eigenvalue weighted by molar-refractivity contribution is 6.95. The van der Waals surface area contributed by atoms with Crippen molar-refractivity contribution in [2.45, 2.75) is 77.8 Å². The third-order valence-electron chi connectivity index (χ3n) is 7.03. The van der Waals surface area contributed by atoms with Crippen LogP contribution in [-0.2, 0) is 9.31 Å². The van der Waals surface area contributed by atoms with E-state index in [1.807, 2.05) is 0 Å². The summed E-state index contributed by atoms with van der Waals surface area (Å²) in [6, 6.07) is 17.2. The molecule has 1 aliphatic heterocycles. The third kappa shape index (κ3) is 3.06. The molecule has 0 aliphatic carbocycles. The summed E-state index contributed by atoms with van der Waals surface area (Å²) in [5, 5.41) is 4.13. The number of rotatable bonds is 5. The Hall–Kier alpha value is -1.10. The molecule has 0 N–H and O–H groups in total. The van der Waals surface area contributed by atoms with Crippen LogP contribution in [0.5, 0.6) is 0 Å². The summed E-state index contributed by atoms with van der Waals surface area (Å²) in [5.74, 6) is 0. The lowest BCUT2D eigenvalue weighted by Crippen LogP contribution is -2.57. The second-order valence-electron chi connectivity index (χ2n) is 8.72. The second kappa shape index (κ2) is 6.81. The van der Waals surface area contributed by atoms with E-state index in [4.69, 9.17) is 9.31 Å². The molecule has 0 aromatic heterocycles. The van der Waals surface area contributed by atoms with Crippen molar-refractivity contribution in [3.8, 4) is 0 Å². The molecule has 140 valence electrons. The van der Waals surface area contributed by atoms with Crippen LogP contribution in [0.15, 0.2) is 36.4 Å². The van der Waals surface area contributed by atoms with Gasteiger partial charge in [-0.25, -0.2) is 0 Å². The van der Waals surface area contributed by atoms with Crippen LogP contribution in [0.4, 0.5) is 0 Å². The minimum atomic E-state index is -1.58. The van der Waals surface area contributed by atoms with Crippen molar-refractivity contribution in [1.82, 2.24) is 0 Å². The van der Waals surface area contributed by atoms with Gasteiger partial charge < -0.3 is 9.31 Å². The molecule has 0 saturated carbocycles. The fourth-order valence-electron chi connectivity index (χ4n) is 4.20. The zero-order valence-corrected chi connectivity index (χ0v) is 18.5. The molecule has 1 aliphatic rings. The zero-order valence-electron chi connectivity index (χ0n) is 17.5. The maximum absolute atomic E-state index is 6.47. The van der Waals surface area contributed by atoms with Crippen LogP contribution < -0.4 is 10.6 Å². The van der Waals surface area contributed by atoms with Crippen LogP contribution in [0.3, 0.4) is 0 Å². The van der Waals surface area contributed by atoms with Gasteiger partial charge in [-0.3, -0.25) is 0 Å².